The third kappa shape index (κ3) is 2.50. The molecule has 1 heterocycles. The van der Waals surface area contributed by atoms with Gasteiger partial charge in [-0.25, -0.2) is 4.99 Å². The SMILES string of the molecule is Cc1cc(C2=NC(C(F)(F)F)N(S)N2C)ccc1N. The number of benzene rings is 1. The first-order valence-corrected chi connectivity index (χ1v) is 5.84. The molecule has 0 saturated carbocycles. The zero-order valence-electron chi connectivity index (χ0n) is 10.3. The van der Waals surface area contributed by atoms with Crippen molar-refractivity contribution in [2.75, 3.05) is 12.8 Å². The Morgan fingerprint density at radius 1 is 1.37 bits per heavy atom. The molecule has 0 fully saturated rings. The highest BCUT2D eigenvalue weighted by Crippen LogP contribution is 2.33. The Morgan fingerprint density at radius 2 is 2.00 bits per heavy atom. The Labute approximate surface area is 114 Å². The molecular weight excluding hydrogens is 277 g/mol. The Morgan fingerprint density at radius 3 is 2.47 bits per heavy atom. The maximum atomic E-state index is 12.8. The van der Waals surface area contributed by atoms with E-state index in [2.05, 4.69) is 17.8 Å². The number of rotatable bonds is 1. The van der Waals surface area contributed by atoms with Crippen molar-refractivity contribution < 1.29 is 13.2 Å². The topological polar surface area (TPSA) is 44.9 Å². The van der Waals surface area contributed by atoms with E-state index in [1.165, 1.54) is 12.1 Å². The van der Waals surface area contributed by atoms with E-state index in [1.807, 2.05) is 0 Å². The standard InChI is InChI=1S/C11H13F3N4S/c1-6-5-7(3-4-8(6)15)9-16-10(11(12,13)14)18(19)17(9)2/h3-5,10,19H,15H2,1-2H3. The summed E-state index contributed by atoms with van der Waals surface area (Å²) < 4.78 is 39.1. The molecule has 0 bridgehead atoms. The maximum absolute atomic E-state index is 12.8. The van der Waals surface area contributed by atoms with Crippen LogP contribution in [0.4, 0.5) is 18.9 Å². The maximum Gasteiger partial charge on any atom is 0.426 e. The number of halogens is 3. The number of aryl methyl sites for hydroxylation is 1. The zero-order chi connectivity index (χ0) is 14.4. The number of aliphatic imine (C=N–C) groups is 1. The minimum absolute atomic E-state index is 0.209. The van der Waals surface area contributed by atoms with E-state index in [-0.39, 0.29) is 5.84 Å². The second-order valence-electron chi connectivity index (χ2n) is 4.28. The van der Waals surface area contributed by atoms with E-state index in [0.717, 1.165) is 9.98 Å². The lowest BCUT2D eigenvalue weighted by Crippen LogP contribution is -2.42. The highest BCUT2D eigenvalue weighted by molar-refractivity contribution is 7.77. The molecule has 1 aromatic carbocycles. The number of hydrogen-bond donors (Lipinski definition) is 2. The van der Waals surface area contributed by atoms with E-state index in [0.29, 0.717) is 11.3 Å². The lowest BCUT2D eigenvalue weighted by molar-refractivity contribution is -0.176. The molecule has 1 aliphatic rings. The molecule has 8 heteroatoms. The van der Waals surface area contributed by atoms with Gasteiger partial charge in [0, 0.05) is 18.3 Å². The number of hydrazine groups is 1. The summed E-state index contributed by atoms with van der Waals surface area (Å²) in [4.78, 5) is 3.69. The van der Waals surface area contributed by atoms with E-state index in [1.54, 1.807) is 25.1 Å². The third-order valence-corrected chi connectivity index (χ3v) is 3.39. The van der Waals surface area contributed by atoms with Crippen molar-refractivity contribution in [2.24, 2.45) is 4.99 Å². The summed E-state index contributed by atoms with van der Waals surface area (Å²) in [6, 6.07) is 4.98. The monoisotopic (exact) mass is 290 g/mol. The first-order chi connectivity index (χ1) is 8.71. The zero-order valence-corrected chi connectivity index (χ0v) is 11.2. The number of nitrogen functional groups attached to an aromatic ring is 1. The highest BCUT2D eigenvalue weighted by atomic mass is 32.1. The average molecular weight is 290 g/mol. The van der Waals surface area contributed by atoms with Gasteiger partial charge in [0.1, 0.15) is 5.84 Å². The molecule has 1 aromatic rings. The van der Waals surface area contributed by atoms with Gasteiger partial charge in [0.2, 0.25) is 6.17 Å². The Hall–Kier alpha value is -1.41. The lowest BCUT2D eigenvalue weighted by atomic mass is 10.1. The third-order valence-electron chi connectivity index (χ3n) is 2.90. The van der Waals surface area contributed by atoms with Crippen LogP contribution < -0.4 is 5.73 Å². The quantitative estimate of drug-likeness (QED) is 0.616. The van der Waals surface area contributed by atoms with Gasteiger partial charge in [-0.3, -0.25) is 5.01 Å². The van der Waals surface area contributed by atoms with Gasteiger partial charge in [0.15, 0.2) is 0 Å². The molecule has 0 spiro atoms. The molecule has 19 heavy (non-hydrogen) atoms. The van der Waals surface area contributed by atoms with Crippen molar-refractivity contribution in [1.82, 2.24) is 9.42 Å². The molecule has 4 nitrogen and oxygen atoms in total. The number of anilines is 1. The number of hydrogen-bond acceptors (Lipinski definition) is 5. The largest absolute Gasteiger partial charge is 0.426 e. The summed E-state index contributed by atoms with van der Waals surface area (Å²) in [5, 5.41) is 1.26. The molecule has 104 valence electrons. The van der Waals surface area contributed by atoms with Crippen LogP contribution >= 0.6 is 12.8 Å². The summed E-state index contributed by atoms with van der Waals surface area (Å²) in [5.74, 6) is 0.209. The molecule has 0 amide bonds. The second-order valence-corrected chi connectivity index (χ2v) is 4.69. The Balaban J connectivity index is 2.41. The molecule has 2 N–H and O–H groups in total. The number of nitrogens with two attached hydrogens (primary N) is 1. The van der Waals surface area contributed by atoms with Crippen LogP contribution in [0.5, 0.6) is 0 Å². The number of amidine groups is 1. The van der Waals surface area contributed by atoms with Gasteiger partial charge >= 0.3 is 6.18 Å². The van der Waals surface area contributed by atoms with Crippen LogP contribution in [0, 0.1) is 6.92 Å². The van der Waals surface area contributed by atoms with Crippen LogP contribution in [0.3, 0.4) is 0 Å². The van der Waals surface area contributed by atoms with Gasteiger partial charge in [-0.15, -0.1) is 4.41 Å². The van der Waals surface area contributed by atoms with Gasteiger partial charge in [0.25, 0.3) is 0 Å². The van der Waals surface area contributed by atoms with E-state index >= 15 is 0 Å². The van der Waals surface area contributed by atoms with Crippen molar-refractivity contribution in [3.63, 3.8) is 0 Å². The van der Waals surface area contributed by atoms with Crippen molar-refractivity contribution >= 4 is 24.3 Å². The average Bonchev–Trinajstić information content (AvgIpc) is 2.60. The molecule has 0 radical (unpaired) electrons. The molecule has 0 aliphatic carbocycles. The van der Waals surface area contributed by atoms with Crippen LogP contribution in [0.1, 0.15) is 11.1 Å². The molecule has 0 aromatic heterocycles. The Kier molecular flexibility index (Phi) is 3.40. The van der Waals surface area contributed by atoms with Crippen LogP contribution in [0.25, 0.3) is 0 Å². The first kappa shape index (κ1) is 14.0. The summed E-state index contributed by atoms with van der Waals surface area (Å²) in [6.07, 6.45) is -6.45. The summed E-state index contributed by atoms with van der Waals surface area (Å²) >= 11 is 3.83. The molecular formula is C11H13F3N4S. The van der Waals surface area contributed by atoms with Crippen molar-refractivity contribution in [1.29, 1.82) is 0 Å². The first-order valence-electron chi connectivity index (χ1n) is 5.44. The van der Waals surface area contributed by atoms with E-state index in [9.17, 15) is 13.2 Å². The molecule has 0 saturated heterocycles. The molecule has 2 rings (SSSR count). The predicted octanol–water partition coefficient (Wildman–Crippen LogP) is 2.22. The van der Waals surface area contributed by atoms with E-state index < -0.39 is 12.3 Å². The van der Waals surface area contributed by atoms with Crippen molar-refractivity contribution in [2.45, 2.75) is 19.3 Å². The summed E-state index contributed by atoms with van der Waals surface area (Å²) in [7, 11) is 1.48. The Bertz CT molecular complexity index is 529. The molecule has 1 aliphatic heterocycles. The van der Waals surface area contributed by atoms with Crippen LogP contribution in [0.2, 0.25) is 0 Å². The summed E-state index contributed by atoms with van der Waals surface area (Å²) in [5.41, 5.74) is 7.63. The van der Waals surface area contributed by atoms with Gasteiger partial charge in [-0.1, -0.05) is 12.8 Å². The smallest absolute Gasteiger partial charge is 0.399 e. The molecule has 1 unspecified atom stereocenters. The van der Waals surface area contributed by atoms with E-state index in [4.69, 9.17) is 5.73 Å². The van der Waals surface area contributed by atoms with Gasteiger partial charge < -0.3 is 5.73 Å². The van der Waals surface area contributed by atoms with Crippen molar-refractivity contribution in [3.05, 3.63) is 29.3 Å². The lowest BCUT2D eigenvalue weighted by Gasteiger charge is -2.26. The highest BCUT2D eigenvalue weighted by Gasteiger charge is 2.48. The number of alkyl halides is 3. The fraction of sp³-hybridized carbons (Fsp3) is 0.364. The predicted molar refractivity (Wildman–Crippen MR) is 70.6 cm³/mol. The van der Waals surface area contributed by atoms with Gasteiger partial charge in [-0.05, 0) is 30.7 Å². The fourth-order valence-corrected chi connectivity index (χ4v) is 2.06. The number of nitrogens with zero attached hydrogens (tertiary/aromatic N) is 3. The normalized spacial score (nSPS) is 20.8. The number of thiol groups is 1. The summed E-state index contributed by atoms with van der Waals surface area (Å²) in [6.45, 7) is 1.79. The van der Waals surface area contributed by atoms with Crippen molar-refractivity contribution in [3.8, 4) is 0 Å². The minimum Gasteiger partial charge on any atom is -0.399 e. The fourth-order valence-electron chi connectivity index (χ4n) is 1.79. The van der Waals surface area contributed by atoms with Crippen LogP contribution in [-0.4, -0.2) is 34.6 Å². The van der Waals surface area contributed by atoms with Gasteiger partial charge in [-0.2, -0.15) is 13.2 Å². The second kappa shape index (κ2) is 4.61. The van der Waals surface area contributed by atoms with Gasteiger partial charge in [0.05, 0.1) is 0 Å². The minimum atomic E-state index is -4.47. The molecule has 1 atom stereocenters. The van der Waals surface area contributed by atoms with Crippen LogP contribution in [-0.2, 0) is 0 Å². The van der Waals surface area contributed by atoms with Crippen LogP contribution in [0.15, 0.2) is 23.2 Å².